The van der Waals surface area contributed by atoms with Crippen LogP contribution in [0, 0.1) is 0 Å². The summed E-state index contributed by atoms with van der Waals surface area (Å²) in [6.07, 6.45) is 0. The van der Waals surface area contributed by atoms with E-state index in [1.54, 1.807) is 0 Å². The summed E-state index contributed by atoms with van der Waals surface area (Å²) in [6, 6.07) is 0.792. The van der Waals surface area contributed by atoms with E-state index in [1.165, 1.54) is 6.54 Å². The predicted molar refractivity (Wildman–Crippen MR) is 29.8 cm³/mol. The van der Waals surface area contributed by atoms with Crippen molar-refractivity contribution in [3.63, 3.8) is 0 Å². The van der Waals surface area contributed by atoms with Crippen LogP contribution in [0.5, 0.6) is 0 Å². The number of nitrogens with one attached hydrogen (secondary N) is 1. The molecule has 0 aromatic heterocycles. The lowest BCUT2D eigenvalue weighted by Crippen LogP contribution is -2.21. The van der Waals surface area contributed by atoms with Crippen molar-refractivity contribution < 1.29 is 0 Å². The van der Waals surface area contributed by atoms with E-state index in [-0.39, 0.29) is 0 Å². The van der Waals surface area contributed by atoms with E-state index in [1.807, 2.05) is 0 Å². The maximum absolute atomic E-state index is 3.20. The molecule has 0 radical (unpaired) electrons. The molecule has 1 N–H and O–H groups in total. The van der Waals surface area contributed by atoms with E-state index in [0.29, 0.717) is 0 Å². The van der Waals surface area contributed by atoms with Crippen LogP contribution in [0.2, 0.25) is 0 Å². The van der Waals surface area contributed by atoms with Crippen molar-refractivity contribution in [2.75, 3.05) is 13.1 Å². The highest BCUT2D eigenvalue weighted by atomic mass is 15.6. The molecule has 0 saturated carbocycles. The summed E-state index contributed by atoms with van der Waals surface area (Å²) in [7, 11) is 0. The number of hydrogen-bond acceptors (Lipinski definition) is 2. The molecule has 0 aliphatic carbocycles. The predicted octanol–water partition coefficient (Wildman–Crippen LogP) is 0.215. The van der Waals surface area contributed by atoms with Crippen molar-refractivity contribution in [3.8, 4) is 0 Å². The second-order valence-corrected chi connectivity index (χ2v) is 2.01. The maximum atomic E-state index is 3.20. The molecule has 0 spiro atoms. The highest BCUT2D eigenvalue weighted by Gasteiger charge is 2.27. The number of hydrogen-bond donors (Lipinski definition) is 1. The zero-order valence-corrected chi connectivity index (χ0v) is 4.94. The van der Waals surface area contributed by atoms with Crippen LogP contribution in [0.3, 0.4) is 0 Å². The zero-order valence-electron chi connectivity index (χ0n) is 4.94. The highest BCUT2D eigenvalue weighted by Crippen LogP contribution is 2.09. The smallest absolute Gasteiger partial charge is 0.0357 e. The molecule has 1 aliphatic heterocycles. The van der Waals surface area contributed by atoms with Gasteiger partial charge in [0.05, 0.1) is 0 Å². The van der Waals surface area contributed by atoms with Gasteiger partial charge in [-0.3, -0.25) is 5.43 Å². The third kappa shape index (κ3) is 1.14. The van der Waals surface area contributed by atoms with Gasteiger partial charge in [-0.2, -0.15) is 0 Å². The van der Waals surface area contributed by atoms with E-state index in [0.717, 1.165) is 12.6 Å². The molecule has 42 valence electrons. The number of rotatable bonds is 2. The molecule has 0 amide bonds. The Labute approximate surface area is 44.5 Å². The van der Waals surface area contributed by atoms with Gasteiger partial charge in [0, 0.05) is 19.1 Å². The Hall–Kier alpha value is -0.0800. The molecule has 1 rings (SSSR count). The van der Waals surface area contributed by atoms with Crippen LogP contribution in [0.15, 0.2) is 0 Å². The Kier molecular flexibility index (Phi) is 1.30. The van der Waals surface area contributed by atoms with Gasteiger partial charge in [0.25, 0.3) is 0 Å². The van der Waals surface area contributed by atoms with E-state index in [2.05, 4.69) is 24.3 Å². The third-order valence-corrected chi connectivity index (χ3v) is 1.22. The van der Waals surface area contributed by atoms with Crippen LogP contribution >= 0.6 is 0 Å². The monoisotopic (exact) mass is 100 g/mol. The Balaban J connectivity index is 1.98. The first-order valence-electron chi connectivity index (χ1n) is 2.84. The van der Waals surface area contributed by atoms with Crippen molar-refractivity contribution in [1.29, 1.82) is 0 Å². The SMILES string of the molecule is CCNN1CC1C. The number of nitrogens with zero attached hydrogens (tertiary/aromatic N) is 1. The minimum Gasteiger partial charge on any atom is -0.255 e. The Bertz CT molecular complexity index is 63.1. The fraction of sp³-hybridized carbons (Fsp3) is 1.00. The van der Waals surface area contributed by atoms with Gasteiger partial charge in [-0.1, -0.05) is 6.92 Å². The van der Waals surface area contributed by atoms with Crippen molar-refractivity contribution in [3.05, 3.63) is 0 Å². The van der Waals surface area contributed by atoms with Gasteiger partial charge >= 0.3 is 0 Å². The van der Waals surface area contributed by atoms with Crippen molar-refractivity contribution in [2.45, 2.75) is 19.9 Å². The zero-order chi connectivity index (χ0) is 5.28. The summed E-state index contributed by atoms with van der Waals surface area (Å²) in [6.45, 7) is 6.62. The molecule has 2 heteroatoms. The van der Waals surface area contributed by atoms with Crippen LogP contribution in [-0.4, -0.2) is 24.1 Å². The average Bonchev–Trinajstić information content (AvgIpc) is 2.22. The van der Waals surface area contributed by atoms with Gasteiger partial charge in [-0.05, 0) is 6.92 Å². The Morgan fingerprint density at radius 2 is 2.43 bits per heavy atom. The van der Waals surface area contributed by atoms with Crippen LogP contribution in [0.4, 0.5) is 0 Å². The van der Waals surface area contributed by atoms with Gasteiger partial charge in [0.2, 0.25) is 0 Å². The molecule has 7 heavy (non-hydrogen) atoms. The van der Waals surface area contributed by atoms with Gasteiger partial charge in [-0.25, -0.2) is 5.01 Å². The molecule has 2 nitrogen and oxygen atoms in total. The number of hydrazine groups is 1. The van der Waals surface area contributed by atoms with Crippen molar-refractivity contribution in [2.24, 2.45) is 0 Å². The molecule has 2 unspecified atom stereocenters. The minimum atomic E-state index is 0.792. The molecule has 1 heterocycles. The standard InChI is InChI=1S/C5H12N2/c1-3-6-7-4-5(7)2/h5-6H,3-4H2,1-2H3. The van der Waals surface area contributed by atoms with Crippen LogP contribution in [-0.2, 0) is 0 Å². The summed E-state index contributed by atoms with van der Waals surface area (Å²) < 4.78 is 0. The molecule has 0 aromatic rings. The first-order valence-corrected chi connectivity index (χ1v) is 2.84. The summed E-state index contributed by atoms with van der Waals surface area (Å²) >= 11 is 0. The second kappa shape index (κ2) is 1.80. The van der Waals surface area contributed by atoms with Crippen LogP contribution in [0.25, 0.3) is 0 Å². The van der Waals surface area contributed by atoms with E-state index in [4.69, 9.17) is 0 Å². The molecule has 1 aliphatic rings. The van der Waals surface area contributed by atoms with Gasteiger partial charge < -0.3 is 0 Å². The molecule has 2 atom stereocenters. The van der Waals surface area contributed by atoms with Gasteiger partial charge in [0.15, 0.2) is 0 Å². The third-order valence-electron chi connectivity index (χ3n) is 1.22. The quantitative estimate of drug-likeness (QED) is 0.499. The molecule has 0 bridgehead atoms. The lowest BCUT2D eigenvalue weighted by atomic mass is 10.6. The molecular formula is C5H12N2. The summed E-state index contributed by atoms with van der Waals surface area (Å²) in [5.41, 5.74) is 3.20. The Morgan fingerprint density at radius 1 is 1.86 bits per heavy atom. The van der Waals surface area contributed by atoms with Crippen LogP contribution < -0.4 is 5.43 Å². The summed E-state index contributed by atoms with van der Waals surface area (Å²) in [5, 5.41) is 2.22. The summed E-state index contributed by atoms with van der Waals surface area (Å²) in [4.78, 5) is 0. The first kappa shape index (κ1) is 5.06. The van der Waals surface area contributed by atoms with Crippen molar-refractivity contribution in [1.82, 2.24) is 10.4 Å². The van der Waals surface area contributed by atoms with E-state index < -0.39 is 0 Å². The topological polar surface area (TPSA) is 15.0 Å². The fourth-order valence-corrected chi connectivity index (χ4v) is 0.661. The summed E-state index contributed by atoms with van der Waals surface area (Å²) in [5.74, 6) is 0. The molecule has 1 saturated heterocycles. The lowest BCUT2D eigenvalue weighted by molar-refractivity contribution is 0.390. The largest absolute Gasteiger partial charge is 0.255 e. The van der Waals surface area contributed by atoms with E-state index in [9.17, 15) is 0 Å². The average molecular weight is 100 g/mol. The lowest BCUT2D eigenvalue weighted by Gasteiger charge is -1.97. The second-order valence-electron chi connectivity index (χ2n) is 2.01. The maximum Gasteiger partial charge on any atom is 0.0357 e. The fourth-order valence-electron chi connectivity index (χ4n) is 0.661. The molecule has 1 fully saturated rings. The van der Waals surface area contributed by atoms with Crippen molar-refractivity contribution >= 4 is 0 Å². The first-order chi connectivity index (χ1) is 3.34. The molecule has 0 aromatic carbocycles. The molecular weight excluding hydrogens is 88.1 g/mol. The van der Waals surface area contributed by atoms with Gasteiger partial charge in [-0.15, -0.1) is 0 Å². The highest BCUT2D eigenvalue weighted by molar-refractivity contribution is 4.79. The Morgan fingerprint density at radius 3 is 2.57 bits per heavy atom. The van der Waals surface area contributed by atoms with Gasteiger partial charge in [0.1, 0.15) is 0 Å². The normalized spacial score (nSPS) is 38.6. The van der Waals surface area contributed by atoms with E-state index >= 15 is 0 Å². The minimum absolute atomic E-state index is 0.792. The van der Waals surface area contributed by atoms with Crippen LogP contribution in [0.1, 0.15) is 13.8 Å².